The van der Waals surface area contributed by atoms with E-state index >= 15 is 0 Å². The van der Waals surface area contributed by atoms with Crippen molar-refractivity contribution in [2.75, 3.05) is 5.32 Å². The Morgan fingerprint density at radius 3 is 3.00 bits per heavy atom. The van der Waals surface area contributed by atoms with Gasteiger partial charge in [-0.05, 0) is 31.2 Å². The van der Waals surface area contributed by atoms with Crippen LogP contribution in [-0.4, -0.2) is 15.2 Å². The van der Waals surface area contributed by atoms with Crippen LogP contribution in [0.4, 0.5) is 5.69 Å². The third kappa shape index (κ3) is 2.27. The van der Waals surface area contributed by atoms with Gasteiger partial charge in [-0.1, -0.05) is 11.6 Å². The summed E-state index contributed by atoms with van der Waals surface area (Å²) in [7, 11) is 0. The number of nitrogens with zero attached hydrogens (tertiary/aromatic N) is 2. The van der Waals surface area contributed by atoms with Crippen LogP contribution in [0.5, 0.6) is 0 Å². The van der Waals surface area contributed by atoms with Crippen molar-refractivity contribution in [3.63, 3.8) is 0 Å². The van der Waals surface area contributed by atoms with Gasteiger partial charge >= 0.3 is 0 Å². The van der Waals surface area contributed by atoms with E-state index in [9.17, 15) is 0 Å². The summed E-state index contributed by atoms with van der Waals surface area (Å²) >= 11 is 6.15. The van der Waals surface area contributed by atoms with E-state index in [1.165, 1.54) is 0 Å². The first-order valence-electron chi connectivity index (χ1n) is 6.01. The Hall–Kier alpha value is -2.07. The topological polar surface area (TPSA) is 53.6 Å². The minimum absolute atomic E-state index is 0.667. The highest BCUT2D eigenvalue weighted by atomic mass is 35.5. The van der Waals surface area contributed by atoms with E-state index in [-0.39, 0.29) is 0 Å². The number of fused-ring (bicyclic) bond motifs is 1. The van der Waals surface area contributed by atoms with Gasteiger partial charge in [0.05, 0.1) is 16.7 Å². The number of hydrogen-bond acceptors (Lipinski definition) is 3. The van der Waals surface area contributed by atoms with Gasteiger partial charge in [-0.2, -0.15) is 5.10 Å². The number of rotatable bonds is 3. The van der Waals surface area contributed by atoms with Gasteiger partial charge < -0.3 is 5.32 Å². The molecule has 0 spiro atoms. The Labute approximate surface area is 115 Å². The van der Waals surface area contributed by atoms with Crippen molar-refractivity contribution >= 4 is 28.2 Å². The van der Waals surface area contributed by atoms with Gasteiger partial charge in [0.1, 0.15) is 0 Å². The number of anilines is 1. The average Bonchev–Trinajstić information content (AvgIpc) is 2.84. The first-order valence-corrected chi connectivity index (χ1v) is 6.39. The zero-order valence-corrected chi connectivity index (χ0v) is 11.2. The summed E-state index contributed by atoms with van der Waals surface area (Å²) in [5.41, 5.74) is 4.06. The van der Waals surface area contributed by atoms with E-state index in [1.54, 1.807) is 6.20 Å². The van der Waals surface area contributed by atoms with Gasteiger partial charge in [0.2, 0.25) is 0 Å². The number of benzene rings is 1. The lowest BCUT2D eigenvalue weighted by molar-refractivity contribution is 1.04. The van der Waals surface area contributed by atoms with Gasteiger partial charge in [-0.3, -0.25) is 10.1 Å². The number of nitrogens with one attached hydrogen (secondary N) is 2. The molecule has 0 aliphatic heterocycles. The quantitative estimate of drug-likeness (QED) is 0.767. The number of pyridine rings is 1. The van der Waals surface area contributed by atoms with Gasteiger partial charge in [-0.25, -0.2) is 0 Å². The molecular weight excluding hydrogens is 260 g/mol. The van der Waals surface area contributed by atoms with Crippen molar-refractivity contribution < 1.29 is 0 Å². The zero-order chi connectivity index (χ0) is 13.2. The van der Waals surface area contributed by atoms with Crippen LogP contribution in [0.15, 0.2) is 36.7 Å². The fourth-order valence-electron chi connectivity index (χ4n) is 2.04. The van der Waals surface area contributed by atoms with Crippen molar-refractivity contribution in [2.24, 2.45) is 0 Å². The summed E-state index contributed by atoms with van der Waals surface area (Å²) < 4.78 is 0. The van der Waals surface area contributed by atoms with E-state index in [2.05, 4.69) is 20.5 Å². The molecule has 2 aromatic heterocycles. The van der Waals surface area contributed by atoms with Crippen LogP contribution >= 0.6 is 11.6 Å². The summed E-state index contributed by atoms with van der Waals surface area (Å²) in [5, 5.41) is 12.0. The minimum atomic E-state index is 0.667. The molecule has 19 heavy (non-hydrogen) atoms. The van der Waals surface area contributed by atoms with Crippen molar-refractivity contribution in [2.45, 2.75) is 13.5 Å². The molecule has 0 radical (unpaired) electrons. The van der Waals surface area contributed by atoms with Crippen molar-refractivity contribution in [3.05, 3.63) is 52.9 Å². The molecule has 0 bridgehead atoms. The van der Waals surface area contributed by atoms with Crippen molar-refractivity contribution in [3.8, 4) is 0 Å². The number of hydrogen-bond donors (Lipinski definition) is 2. The summed E-state index contributed by atoms with van der Waals surface area (Å²) in [6.07, 6.45) is 3.58. The Morgan fingerprint density at radius 1 is 1.32 bits per heavy atom. The third-order valence-electron chi connectivity index (χ3n) is 3.12. The Kier molecular flexibility index (Phi) is 3.09. The molecule has 0 unspecified atom stereocenters. The van der Waals surface area contributed by atoms with Crippen LogP contribution in [0, 0.1) is 6.92 Å². The standard InChI is InChI=1S/C14H13ClN4/c1-9-10(8-18-19-9)7-17-13-5-4-12(15)14-11(13)3-2-6-16-14/h2-6,8,17H,7H2,1H3,(H,18,19). The molecule has 0 amide bonds. The maximum atomic E-state index is 6.15. The summed E-state index contributed by atoms with van der Waals surface area (Å²) in [6.45, 7) is 2.72. The molecule has 4 nitrogen and oxygen atoms in total. The second kappa shape index (κ2) is 4.90. The second-order valence-electron chi connectivity index (χ2n) is 4.37. The monoisotopic (exact) mass is 272 g/mol. The van der Waals surface area contributed by atoms with Crippen LogP contribution in [0.25, 0.3) is 10.9 Å². The molecule has 0 saturated heterocycles. The number of H-pyrrole nitrogens is 1. The molecule has 3 aromatic rings. The van der Waals surface area contributed by atoms with Gasteiger partial charge in [-0.15, -0.1) is 0 Å². The maximum absolute atomic E-state index is 6.15. The summed E-state index contributed by atoms with van der Waals surface area (Å²) in [5.74, 6) is 0. The lowest BCUT2D eigenvalue weighted by atomic mass is 10.1. The van der Waals surface area contributed by atoms with Crippen LogP contribution in [0.1, 0.15) is 11.3 Å². The van der Waals surface area contributed by atoms with Crippen LogP contribution in [-0.2, 0) is 6.54 Å². The number of halogens is 1. The molecule has 0 fully saturated rings. The molecule has 2 N–H and O–H groups in total. The van der Waals surface area contributed by atoms with Crippen LogP contribution in [0.2, 0.25) is 5.02 Å². The van der Waals surface area contributed by atoms with Crippen LogP contribution in [0.3, 0.4) is 0 Å². The predicted octanol–water partition coefficient (Wildman–Crippen LogP) is 3.53. The highest BCUT2D eigenvalue weighted by Crippen LogP contribution is 2.28. The molecule has 0 aliphatic carbocycles. The number of aromatic nitrogens is 3. The lowest BCUT2D eigenvalue weighted by Crippen LogP contribution is -2.00. The molecule has 0 saturated carbocycles. The van der Waals surface area contributed by atoms with E-state index < -0.39 is 0 Å². The molecule has 3 rings (SSSR count). The summed E-state index contributed by atoms with van der Waals surface area (Å²) in [4.78, 5) is 4.31. The summed E-state index contributed by atoms with van der Waals surface area (Å²) in [6, 6.07) is 7.76. The Balaban J connectivity index is 1.93. The predicted molar refractivity (Wildman–Crippen MR) is 77.4 cm³/mol. The highest BCUT2D eigenvalue weighted by Gasteiger charge is 2.06. The van der Waals surface area contributed by atoms with Gasteiger partial charge in [0.25, 0.3) is 0 Å². The lowest BCUT2D eigenvalue weighted by Gasteiger charge is -2.09. The fraction of sp³-hybridized carbons (Fsp3) is 0.143. The molecular formula is C14H13ClN4. The smallest absolute Gasteiger partial charge is 0.0908 e. The minimum Gasteiger partial charge on any atom is -0.380 e. The van der Waals surface area contributed by atoms with Crippen LogP contribution < -0.4 is 5.32 Å². The van der Waals surface area contributed by atoms with Crippen molar-refractivity contribution in [1.82, 2.24) is 15.2 Å². The Bertz CT molecular complexity index is 720. The molecule has 0 atom stereocenters. The number of aryl methyl sites for hydroxylation is 1. The largest absolute Gasteiger partial charge is 0.380 e. The van der Waals surface area contributed by atoms with Crippen molar-refractivity contribution in [1.29, 1.82) is 0 Å². The molecule has 96 valence electrons. The Morgan fingerprint density at radius 2 is 2.21 bits per heavy atom. The molecule has 5 heteroatoms. The van der Waals surface area contributed by atoms with E-state index in [0.717, 1.165) is 27.8 Å². The molecule has 2 heterocycles. The number of aromatic amines is 1. The maximum Gasteiger partial charge on any atom is 0.0908 e. The first-order chi connectivity index (χ1) is 9.25. The SMILES string of the molecule is Cc1[nH]ncc1CNc1ccc(Cl)c2ncccc12. The third-order valence-corrected chi connectivity index (χ3v) is 3.43. The molecule has 0 aliphatic rings. The van der Waals surface area contributed by atoms with E-state index in [4.69, 9.17) is 11.6 Å². The van der Waals surface area contributed by atoms with Gasteiger partial charge in [0.15, 0.2) is 0 Å². The highest BCUT2D eigenvalue weighted by molar-refractivity contribution is 6.35. The van der Waals surface area contributed by atoms with E-state index in [0.29, 0.717) is 11.6 Å². The average molecular weight is 273 g/mol. The van der Waals surface area contributed by atoms with Gasteiger partial charge in [0, 0.05) is 35.1 Å². The second-order valence-corrected chi connectivity index (χ2v) is 4.78. The normalized spacial score (nSPS) is 10.8. The first kappa shape index (κ1) is 12.0. The zero-order valence-electron chi connectivity index (χ0n) is 10.4. The molecule has 1 aromatic carbocycles. The fourth-order valence-corrected chi connectivity index (χ4v) is 2.25. The van der Waals surface area contributed by atoms with E-state index in [1.807, 2.05) is 37.4 Å².